The lowest BCUT2D eigenvalue weighted by Crippen LogP contribution is -2.51. The van der Waals surface area contributed by atoms with Crippen molar-refractivity contribution in [2.45, 2.75) is 19.4 Å². The van der Waals surface area contributed by atoms with Crippen LogP contribution >= 0.6 is 11.6 Å². The van der Waals surface area contributed by atoms with Crippen molar-refractivity contribution in [1.29, 1.82) is 0 Å². The number of aromatic carboxylic acids is 1. The van der Waals surface area contributed by atoms with Gasteiger partial charge < -0.3 is 25.6 Å². The first-order valence-corrected chi connectivity index (χ1v) is 16.4. The molecule has 0 radical (unpaired) electrons. The third-order valence-electron chi connectivity index (χ3n) is 9.32. The molecule has 5 aromatic rings. The van der Waals surface area contributed by atoms with Gasteiger partial charge in [0.1, 0.15) is 23.2 Å². The highest BCUT2D eigenvalue weighted by Crippen LogP contribution is 2.38. The Morgan fingerprint density at radius 1 is 1.06 bits per heavy atom. The first kappa shape index (κ1) is 33.0. The Labute approximate surface area is 291 Å². The second-order valence-electron chi connectivity index (χ2n) is 12.7. The zero-order chi connectivity index (χ0) is 35.3. The van der Waals surface area contributed by atoms with Crippen molar-refractivity contribution >= 4 is 57.5 Å². The number of halogens is 2. The molecule has 14 heteroatoms. The maximum absolute atomic E-state index is 15.4. The summed E-state index contributed by atoms with van der Waals surface area (Å²) in [5.74, 6) is -1.54. The van der Waals surface area contributed by atoms with E-state index in [0.29, 0.717) is 61.3 Å². The molecule has 2 aromatic heterocycles. The number of nitrogens with two attached hydrogens (primary N) is 1. The minimum absolute atomic E-state index is 0.0128. The Morgan fingerprint density at radius 2 is 1.80 bits per heavy atom. The number of aromatic nitrogens is 3. The number of anilines is 4. The zero-order valence-corrected chi connectivity index (χ0v) is 28.1. The normalized spacial score (nSPS) is 16.2. The molecular formula is C36H34ClFN8O4. The van der Waals surface area contributed by atoms with E-state index in [9.17, 15) is 19.5 Å². The number of carbonyl (C=O) groups excluding carboxylic acids is 1. The van der Waals surface area contributed by atoms with Gasteiger partial charge in [-0.3, -0.25) is 19.4 Å². The molecule has 0 saturated carbocycles. The summed E-state index contributed by atoms with van der Waals surface area (Å²) in [4.78, 5) is 52.9. The number of carbonyl (C=O) groups is 2. The number of rotatable bonds is 8. The first-order chi connectivity index (χ1) is 24.0. The van der Waals surface area contributed by atoms with Crippen LogP contribution in [0.15, 0.2) is 71.8 Å². The maximum Gasteiger partial charge on any atom is 0.341 e. The standard InChI is InChI=1S/C36H34ClFN8O4/c1-20-3-8-28-24(13-20)31(41-36-40-17-22(33(39)42-36)14-21-4-6-23(37)7-5-21)34(48)46(28)19-44-9-11-45(12-10-44)30-16-29-25(15-27(30)38)32(47)26(35(49)50)18-43(29)2/h3-8,13,15-18,31H,9-12,14,19H2,1-2H3,(H,49,50)(H3,39,40,41,42). The predicted octanol–water partition coefficient (Wildman–Crippen LogP) is 4.58. The smallest absolute Gasteiger partial charge is 0.341 e. The maximum atomic E-state index is 15.4. The highest BCUT2D eigenvalue weighted by molar-refractivity contribution is 6.30. The monoisotopic (exact) mass is 696 g/mol. The van der Waals surface area contributed by atoms with Crippen LogP contribution in [0.25, 0.3) is 10.9 Å². The zero-order valence-electron chi connectivity index (χ0n) is 27.4. The average molecular weight is 697 g/mol. The molecule has 0 spiro atoms. The molecule has 7 rings (SSSR count). The molecule has 2 aliphatic heterocycles. The number of nitrogens with one attached hydrogen (secondary N) is 1. The fourth-order valence-corrected chi connectivity index (χ4v) is 6.76. The lowest BCUT2D eigenvalue weighted by Gasteiger charge is -2.38. The van der Waals surface area contributed by atoms with Crippen LogP contribution in [0.1, 0.15) is 38.7 Å². The summed E-state index contributed by atoms with van der Waals surface area (Å²) in [7, 11) is 1.63. The minimum atomic E-state index is -1.36. The van der Waals surface area contributed by atoms with Crippen LogP contribution in [0.5, 0.6) is 0 Å². The summed E-state index contributed by atoms with van der Waals surface area (Å²) in [5, 5.41) is 13.2. The number of hydrogen-bond acceptors (Lipinski definition) is 9. The lowest BCUT2D eigenvalue weighted by atomic mass is 10.1. The highest BCUT2D eigenvalue weighted by Gasteiger charge is 2.39. The van der Waals surface area contributed by atoms with Gasteiger partial charge in [-0.2, -0.15) is 4.98 Å². The fourth-order valence-electron chi connectivity index (χ4n) is 6.64. The molecule has 3 aromatic carbocycles. The van der Waals surface area contributed by atoms with Gasteiger partial charge in [0.25, 0.3) is 5.91 Å². The molecule has 256 valence electrons. The van der Waals surface area contributed by atoms with Gasteiger partial charge in [-0.15, -0.1) is 0 Å². The van der Waals surface area contributed by atoms with Gasteiger partial charge in [0.05, 0.1) is 23.6 Å². The Balaban J connectivity index is 1.05. The molecule has 2 aliphatic rings. The summed E-state index contributed by atoms with van der Waals surface area (Å²) >= 11 is 6.01. The van der Waals surface area contributed by atoms with Crippen molar-refractivity contribution in [1.82, 2.24) is 19.4 Å². The van der Waals surface area contributed by atoms with Crippen molar-refractivity contribution in [3.8, 4) is 0 Å². The second kappa shape index (κ2) is 13.1. The molecule has 50 heavy (non-hydrogen) atoms. The van der Waals surface area contributed by atoms with Gasteiger partial charge in [-0.1, -0.05) is 41.4 Å². The number of piperazine rings is 1. The van der Waals surface area contributed by atoms with Crippen molar-refractivity contribution in [3.05, 3.63) is 116 Å². The van der Waals surface area contributed by atoms with Crippen LogP contribution in [0.4, 0.5) is 27.5 Å². The Kier molecular flexibility index (Phi) is 8.62. The molecule has 1 unspecified atom stereocenters. The number of aryl methyl sites for hydroxylation is 2. The lowest BCUT2D eigenvalue weighted by molar-refractivity contribution is -0.119. The molecule has 4 N–H and O–H groups in total. The van der Waals surface area contributed by atoms with E-state index in [1.165, 1.54) is 10.8 Å². The van der Waals surface area contributed by atoms with E-state index in [4.69, 9.17) is 17.3 Å². The molecular weight excluding hydrogens is 663 g/mol. The van der Waals surface area contributed by atoms with Gasteiger partial charge in [0.2, 0.25) is 11.4 Å². The molecule has 1 fully saturated rings. The number of hydrogen-bond donors (Lipinski definition) is 3. The largest absolute Gasteiger partial charge is 0.477 e. The number of nitrogen functional groups attached to an aromatic ring is 1. The number of fused-ring (bicyclic) bond motifs is 2. The van der Waals surface area contributed by atoms with Crippen molar-refractivity contribution in [2.24, 2.45) is 7.05 Å². The van der Waals surface area contributed by atoms with Crippen LogP contribution < -0.4 is 26.3 Å². The van der Waals surface area contributed by atoms with Crippen molar-refractivity contribution < 1.29 is 19.1 Å². The van der Waals surface area contributed by atoms with Gasteiger partial charge in [0.15, 0.2) is 0 Å². The van der Waals surface area contributed by atoms with Gasteiger partial charge >= 0.3 is 5.97 Å². The van der Waals surface area contributed by atoms with Gasteiger partial charge in [-0.25, -0.2) is 14.2 Å². The predicted molar refractivity (Wildman–Crippen MR) is 190 cm³/mol. The number of amides is 1. The molecule has 0 aliphatic carbocycles. The highest BCUT2D eigenvalue weighted by atomic mass is 35.5. The third-order valence-corrected chi connectivity index (χ3v) is 9.57. The number of nitrogens with zero attached hydrogens (tertiary/aromatic N) is 6. The quantitative estimate of drug-likeness (QED) is 0.210. The minimum Gasteiger partial charge on any atom is -0.477 e. The van der Waals surface area contributed by atoms with Gasteiger partial charge in [-0.05, 0) is 42.8 Å². The van der Waals surface area contributed by atoms with Crippen LogP contribution in [-0.4, -0.2) is 69.3 Å². The van der Waals surface area contributed by atoms with Crippen LogP contribution in [0.2, 0.25) is 5.02 Å². The third kappa shape index (κ3) is 6.21. The van der Waals surface area contributed by atoms with E-state index < -0.39 is 28.8 Å². The summed E-state index contributed by atoms with van der Waals surface area (Å²) in [6, 6.07) is 15.4. The van der Waals surface area contributed by atoms with Crippen molar-refractivity contribution in [3.63, 3.8) is 0 Å². The van der Waals surface area contributed by atoms with Gasteiger partial charge in [0, 0.05) is 73.6 Å². The van der Waals surface area contributed by atoms with Crippen LogP contribution in [0.3, 0.4) is 0 Å². The van der Waals surface area contributed by atoms with E-state index in [2.05, 4.69) is 20.2 Å². The number of pyridine rings is 1. The summed E-state index contributed by atoms with van der Waals surface area (Å²) in [5.41, 5.74) is 10.3. The summed E-state index contributed by atoms with van der Waals surface area (Å²) < 4.78 is 16.9. The van der Waals surface area contributed by atoms with Crippen LogP contribution in [0, 0.1) is 12.7 Å². The van der Waals surface area contributed by atoms with E-state index in [1.807, 2.05) is 54.3 Å². The fraction of sp³-hybridized carbons (Fsp3) is 0.250. The summed E-state index contributed by atoms with van der Waals surface area (Å²) in [6.07, 6.45) is 3.45. The first-order valence-electron chi connectivity index (χ1n) is 16.0. The number of benzene rings is 3. The molecule has 0 bridgehead atoms. The van der Waals surface area contributed by atoms with Crippen LogP contribution in [-0.2, 0) is 18.3 Å². The molecule has 12 nitrogen and oxygen atoms in total. The van der Waals surface area contributed by atoms with E-state index in [0.717, 1.165) is 34.0 Å². The van der Waals surface area contributed by atoms with E-state index in [-0.39, 0.29) is 17.2 Å². The summed E-state index contributed by atoms with van der Waals surface area (Å²) in [6.45, 7) is 4.35. The van der Waals surface area contributed by atoms with Crippen molar-refractivity contribution in [2.75, 3.05) is 53.7 Å². The Hall–Kier alpha value is -5.53. The Morgan fingerprint density at radius 3 is 2.50 bits per heavy atom. The molecule has 4 heterocycles. The molecule has 1 amide bonds. The SMILES string of the molecule is Cc1ccc2c(c1)C(Nc1ncc(Cc3ccc(Cl)cc3)c(N)n1)C(=O)N2CN1CCN(c2cc3c(cc2F)c(=O)c(C(=O)O)cn3C)CC1. The van der Waals surface area contributed by atoms with E-state index >= 15 is 4.39 Å². The number of carboxylic acid groups (broad SMARTS) is 1. The second-order valence-corrected chi connectivity index (χ2v) is 13.1. The average Bonchev–Trinajstić information content (AvgIpc) is 3.33. The molecule has 1 atom stereocenters. The Bertz CT molecular complexity index is 2220. The van der Waals surface area contributed by atoms with E-state index in [1.54, 1.807) is 24.2 Å². The molecule has 1 saturated heterocycles. The topological polar surface area (TPSA) is 150 Å². The number of carboxylic acids is 1.